The van der Waals surface area contributed by atoms with Gasteiger partial charge in [-0.1, -0.05) is 31.4 Å². The van der Waals surface area contributed by atoms with E-state index in [1.165, 1.54) is 12.5 Å². The van der Waals surface area contributed by atoms with E-state index < -0.39 is 5.92 Å². The third-order valence-electron chi connectivity index (χ3n) is 4.27. The molecule has 2 aromatic rings. The van der Waals surface area contributed by atoms with Crippen LogP contribution in [0.4, 0.5) is 0 Å². The topological polar surface area (TPSA) is 76.0 Å². The molecule has 1 fully saturated rings. The molecule has 1 aliphatic carbocycles. The Morgan fingerprint density at radius 1 is 1.35 bits per heavy atom. The van der Waals surface area contributed by atoms with Crippen molar-refractivity contribution in [3.05, 3.63) is 46.2 Å². The predicted molar refractivity (Wildman–Crippen MR) is 78.5 cm³/mol. The largest absolute Gasteiger partial charge is 0.369 e. The lowest BCUT2D eigenvalue weighted by molar-refractivity contribution is -0.120. The lowest BCUT2D eigenvalue weighted by Crippen LogP contribution is -2.27. The van der Waals surface area contributed by atoms with E-state index in [1.807, 2.05) is 18.2 Å². The number of carbonyl (C=O) groups is 1. The number of para-hydroxylation sites is 1. The van der Waals surface area contributed by atoms with Crippen molar-refractivity contribution in [3.63, 3.8) is 0 Å². The molecule has 0 spiro atoms. The fraction of sp³-hybridized carbons (Fsp3) is 0.375. The second-order valence-corrected chi connectivity index (χ2v) is 5.62. The first-order chi connectivity index (χ1) is 9.65. The highest BCUT2D eigenvalue weighted by Gasteiger charge is 2.27. The molecular weight excluding hydrogens is 252 g/mol. The van der Waals surface area contributed by atoms with Gasteiger partial charge in [-0.3, -0.25) is 9.59 Å². The van der Waals surface area contributed by atoms with Crippen LogP contribution in [0.1, 0.15) is 37.3 Å². The summed E-state index contributed by atoms with van der Waals surface area (Å²) in [6.45, 7) is 0. The summed E-state index contributed by atoms with van der Waals surface area (Å²) < 4.78 is 0. The maximum atomic E-state index is 12.1. The molecule has 1 heterocycles. The predicted octanol–water partition coefficient (Wildman–Crippen LogP) is 2.29. The van der Waals surface area contributed by atoms with Crippen LogP contribution < -0.4 is 11.2 Å². The molecule has 1 amide bonds. The third kappa shape index (κ3) is 2.33. The molecule has 1 aliphatic rings. The van der Waals surface area contributed by atoms with Crippen LogP contribution in [-0.2, 0) is 4.79 Å². The van der Waals surface area contributed by atoms with Crippen molar-refractivity contribution >= 4 is 16.8 Å². The summed E-state index contributed by atoms with van der Waals surface area (Å²) >= 11 is 0. The van der Waals surface area contributed by atoms with Crippen molar-refractivity contribution in [1.29, 1.82) is 0 Å². The van der Waals surface area contributed by atoms with Crippen LogP contribution in [-0.4, -0.2) is 10.9 Å². The number of H-pyrrole nitrogens is 1. The molecule has 1 saturated carbocycles. The quantitative estimate of drug-likeness (QED) is 0.894. The first-order valence-corrected chi connectivity index (χ1v) is 7.06. The van der Waals surface area contributed by atoms with Gasteiger partial charge in [-0.15, -0.1) is 0 Å². The maximum absolute atomic E-state index is 12.1. The minimum absolute atomic E-state index is 0.0609. The van der Waals surface area contributed by atoms with Crippen LogP contribution in [0.15, 0.2) is 35.1 Å². The summed E-state index contributed by atoms with van der Waals surface area (Å²) in [7, 11) is 0. The van der Waals surface area contributed by atoms with Crippen molar-refractivity contribution in [2.24, 2.45) is 11.7 Å². The molecule has 0 radical (unpaired) electrons. The number of carbonyl (C=O) groups excluding carboxylic acids is 1. The van der Waals surface area contributed by atoms with E-state index in [-0.39, 0.29) is 11.3 Å². The number of hydrogen-bond acceptors (Lipinski definition) is 2. The normalized spacial score (nSPS) is 16.8. The van der Waals surface area contributed by atoms with Crippen LogP contribution in [0.5, 0.6) is 0 Å². The van der Waals surface area contributed by atoms with E-state index in [4.69, 9.17) is 5.73 Å². The van der Waals surface area contributed by atoms with E-state index in [9.17, 15) is 9.59 Å². The number of pyridine rings is 1. The van der Waals surface area contributed by atoms with Crippen LogP contribution in [0.2, 0.25) is 0 Å². The van der Waals surface area contributed by atoms with E-state index in [0.717, 1.165) is 24.8 Å². The van der Waals surface area contributed by atoms with Crippen LogP contribution in [0, 0.1) is 5.92 Å². The van der Waals surface area contributed by atoms with Crippen molar-refractivity contribution in [2.45, 2.75) is 31.6 Å². The van der Waals surface area contributed by atoms with Gasteiger partial charge in [-0.2, -0.15) is 0 Å². The molecule has 0 unspecified atom stereocenters. The van der Waals surface area contributed by atoms with E-state index in [0.29, 0.717) is 17.0 Å². The first kappa shape index (κ1) is 12.9. The SMILES string of the molecule is NC(=O)[C@H](CC1CCC1)c1cc(=O)c2ccccc2[nH]1. The number of fused-ring (bicyclic) bond motifs is 1. The molecule has 104 valence electrons. The number of aromatic amines is 1. The zero-order chi connectivity index (χ0) is 14.1. The van der Waals surface area contributed by atoms with Gasteiger partial charge in [0.25, 0.3) is 0 Å². The second-order valence-electron chi connectivity index (χ2n) is 5.62. The number of nitrogens with one attached hydrogen (secondary N) is 1. The fourth-order valence-corrected chi connectivity index (χ4v) is 2.86. The maximum Gasteiger partial charge on any atom is 0.226 e. The average Bonchev–Trinajstić information content (AvgIpc) is 2.37. The van der Waals surface area contributed by atoms with Gasteiger partial charge in [0.2, 0.25) is 5.91 Å². The van der Waals surface area contributed by atoms with Gasteiger partial charge in [-0.05, 0) is 24.5 Å². The second kappa shape index (κ2) is 5.12. The molecular formula is C16H18N2O2. The van der Waals surface area contributed by atoms with Crippen LogP contribution >= 0.6 is 0 Å². The molecule has 1 aromatic heterocycles. The summed E-state index contributed by atoms with van der Waals surface area (Å²) in [5.74, 6) is -0.192. The van der Waals surface area contributed by atoms with E-state index in [2.05, 4.69) is 4.98 Å². The highest BCUT2D eigenvalue weighted by atomic mass is 16.1. The number of amides is 1. The minimum Gasteiger partial charge on any atom is -0.369 e. The summed E-state index contributed by atoms with van der Waals surface area (Å²) in [5, 5.41) is 0.642. The Labute approximate surface area is 117 Å². The molecule has 0 bridgehead atoms. The van der Waals surface area contributed by atoms with Gasteiger partial charge < -0.3 is 10.7 Å². The van der Waals surface area contributed by atoms with E-state index >= 15 is 0 Å². The lowest BCUT2D eigenvalue weighted by atomic mass is 9.78. The minimum atomic E-state index is -0.391. The summed E-state index contributed by atoms with van der Waals surface area (Å²) in [6, 6.07) is 8.85. The Kier molecular flexibility index (Phi) is 3.30. The first-order valence-electron chi connectivity index (χ1n) is 7.06. The summed E-state index contributed by atoms with van der Waals surface area (Å²) in [6.07, 6.45) is 4.27. The molecule has 1 atom stereocenters. The van der Waals surface area contributed by atoms with E-state index in [1.54, 1.807) is 6.07 Å². The summed E-state index contributed by atoms with van der Waals surface area (Å²) in [4.78, 5) is 27.0. The lowest BCUT2D eigenvalue weighted by Gasteiger charge is -2.28. The Balaban J connectivity index is 2.01. The van der Waals surface area contributed by atoms with Gasteiger partial charge in [-0.25, -0.2) is 0 Å². The molecule has 4 nitrogen and oxygen atoms in total. The number of aromatic nitrogens is 1. The Hall–Kier alpha value is -2.10. The summed E-state index contributed by atoms with van der Waals surface area (Å²) in [5.41, 5.74) is 6.87. The fourth-order valence-electron chi connectivity index (χ4n) is 2.86. The number of primary amides is 1. The standard InChI is InChI=1S/C16H18N2O2/c17-16(20)12(8-10-4-3-5-10)14-9-15(19)11-6-1-2-7-13(11)18-14/h1-2,6-7,9-10,12H,3-5,8H2,(H2,17,20)(H,18,19)/t12-/m1/s1. The van der Waals surface area contributed by atoms with Gasteiger partial charge in [0.15, 0.2) is 5.43 Å². The molecule has 3 rings (SSSR count). The molecule has 1 aromatic carbocycles. The highest BCUT2D eigenvalue weighted by molar-refractivity contribution is 5.83. The monoisotopic (exact) mass is 270 g/mol. The van der Waals surface area contributed by atoms with Crippen LogP contribution in [0.25, 0.3) is 10.9 Å². The van der Waals surface area contributed by atoms with Crippen molar-refractivity contribution in [1.82, 2.24) is 4.98 Å². The zero-order valence-electron chi connectivity index (χ0n) is 11.3. The zero-order valence-corrected chi connectivity index (χ0v) is 11.3. The average molecular weight is 270 g/mol. The highest BCUT2D eigenvalue weighted by Crippen LogP contribution is 2.35. The Bertz CT molecular complexity index is 701. The molecule has 3 N–H and O–H groups in total. The molecule has 0 aliphatic heterocycles. The Morgan fingerprint density at radius 3 is 2.75 bits per heavy atom. The van der Waals surface area contributed by atoms with Crippen LogP contribution in [0.3, 0.4) is 0 Å². The smallest absolute Gasteiger partial charge is 0.226 e. The number of nitrogens with two attached hydrogens (primary N) is 1. The number of rotatable bonds is 4. The molecule has 4 heteroatoms. The number of benzene rings is 1. The van der Waals surface area contributed by atoms with Crippen molar-refractivity contribution in [2.75, 3.05) is 0 Å². The van der Waals surface area contributed by atoms with Gasteiger partial charge in [0.05, 0.1) is 5.92 Å². The molecule has 0 saturated heterocycles. The van der Waals surface area contributed by atoms with Gasteiger partial charge in [0.1, 0.15) is 0 Å². The van der Waals surface area contributed by atoms with Gasteiger partial charge >= 0.3 is 0 Å². The van der Waals surface area contributed by atoms with Crippen molar-refractivity contribution < 1.29 is 4.79 Å². The third-order valence-corrected chi connectivity index (χ3v) is 4.27. The van der Waals surface area contributed by atoms with Gasteiger partial charge in [0, 0.05) is 22.7 Å². The van der Waals surface area contributed by atoms with Crippen molar-refractivity contribution in [3.8, 4) is 0 Å². The molecule has 20 heavy (non-hydrogen) atoms. The number of hydrogen-bond donors (Lipinski definition) is 2. The Morgan fingerprint density at radius 2 is 2.10 bits per heavy atom.